The molecule has 2 aromatic carbocycles. The molecular weight excluding hydrogens is 411 g/mol. The maximum absolute atomic E-state index is 12.8. The maximum atomic E-state index is 12.8. The van der Waals surface area contributed by atoms with E-state index in [0.29, 0.717) is 0 Å². The summed E-state index contributed by atoms with van der Waals surface area (Å²) >= 11 is 0. The van der Waals surface area contributed by atoms with E-state index in [4.69, 9.17) is 0 Å². The van der Waals surface area contributed by atoms with E-state index in [1.54, 1.807) is 12.1 Å². The third-order valence-electron chi connectivity index (χ3n) is 3.78. The van der Waals surface area contributed by atoms with Crippen LogP contribution >= 0.6 is 0 Å². The number of esters is 1. The highest BCUT2D eigenvalue weighted by molar-refractivity contribution is 7.96. The number of nitrogens with one attached hydrogen (secondary N) is 1. The Bertz CT molecular complexity index is 982. The minimum atomic E-state index is -4.83. The predicted octanol–water partition coefficient (Wildman–Crippen LogP) is 4.05. The van der Waals surface area contributed by atoms with Crippen LogP contribution in [-0.2, 0) is 25.8 Å². The molecule has 29 heavy (non-hydrogen) atoms. The van der Waals surface area contributed by atoms with Gasteiger partial charge in [0.05, 0.1) is 12.0 Å². The molecule has 0 aliphatic rings. The number of ether oxygens (including phenoxy) is 2. The predicted molar refractivity (Wildman–Crippen MR) is 99.9 cm³/mol. The second-order valence-corrected chi connectivity index (χ2v) is 7.64. The fourth-order valence-electron chi connectivity index (χ4n) is 2.28. The Morgan fingerprint density at radius 1 is 1.07 bits per heavy atom. The van der Waals surface area contributed by atoms with Crippen LogP contribution < -0.4 is 10.1 Å². The number of benzene rings is 2. The normalized spacial score (nSPS) is 12.4. The van der Waals surface area contributed by atoms with Crippen molar-refractivity contribution < 1.29 is 35.9 Å². The van der Waals surface area contributed by atoms with E-state index in [-0.39, 0.29) is 10.6 Å². The molecule has 0 spiro atoms. The van der Waals surface area contributed by atoms with E-state index in [0.717, 1.165) is 37.4 Å². The number of methoxy groups -OCH3 is 1. The molecule has 2 rings (SSSR count). The SMILES string of the molecule is CCc1ccc(S(=O)(=O)/C(=C/Nc2ccc(OC(F)(F)F)cc2)C(=O)OC)cc1. The van der Waals surface area contributed by atoms with Gasteiger partial charge in [-0.15, -0.1) is 13.2 Å². The molecule has 6 nitrogen and oxygen atoms in total. The van der Waals surface area contributed by atoms with Crippen LogP contribution in [-0.4, -0.2) is 27.9 Å². The van der Waals surface area contributed by atoms with Crippen LogP contribution in [0.5, 0.6) is 5.75 Å². The fraction of sp³-hybridized carbons (Fsp3) is 0.211. The summed E-state index contributed by atoms with van der Waals surface area (Å²) in [6.07, 6.45) is -3.18. The third kappa shape index (κ3) is 5.98. The minimum Gasteiger partial charge on any atom is -0.465 e. The van der Waals surface area contributed by atoms with Crippen molar-refractivity contribution in [2.24, 2.45) is 0 Å². The molecule has 0 heterocycles. The van der Waals surface area contributed by atoms with Gasteiger partial charge in [0, 0.05) is 11.9 Å². The highest BCUT2D eigenvalue weighted by Gasteiger charge is 2.31. The van der Waals surface area contributed by atoms with Crippen molar-refractivity contribution in [3.05, 3.63) is 65.2 Å². The number of hydrogen-bond acceptors (Lipinski definition) is 6. The van der Waals surface area contributed by atoms with E-state index >= 15 is 0 Å². The molecule has 1 N–H and O–H groups in total. The van der Waals surface area contributed by atoms with Crippen molar-refractivity contribution in [3.63, 3.8) is 0 Å². The molecular formula is C19H18F3NO5S. The standard InChI is InChI=1S/C19H18F3NO5S/c1-3-13-4-10-16(11-5-13)29(25,26)17(18(24)27-2)12-23-14-6-8-15(9-7-14)28-19(20,21)22/h4-12,23H,3H2,1-2H3/b17-12+. The summed E-state index contributed by atoms with van der Waals surface area (Å²) in [6.45, 7) is 1.91. The number of halogens is 3. The number of alkyl halides is 3. The zero-order valence-corrected chi connectivity index (χ0v) is 16.3. The zero-order chi connectivity index (χ0) is 21.7. The highest BCUT2D eigenvalue weighted by Crippen LogP contribution is 2.25. The maximum Gasteiger partial charge on any atom is 0.573 e. The molecule has 0 atom stereocenters. The molecule has 0 aliphatic heterocycles. The van der Waals surface area contributed by atoms with Gasteiger partial charge >= 0.3 is 12.3 Å². The minimum absolute atomic E-state index is 0.0953. The monoisotopic (exact) mass is 429 g/mol. The van der Waals surface area contributed by atoms with Crippen molar-refractivity contribution in [1.29, 1.82) is 0 Å². The molecule has 156 valence electrons. The van der Waals surface area contributed by atoms with Crippen molar-refractivity contribution in [1.82, 2.24) is 0 Å². The van der Waals surface area contributed by atoms with Crippen LogP contribution in [0.15, 0.2) is 64.5 Å². The van der Waals surface area contributed by atoms with Gasteiger partial charge in [-0.3, -0.25) is 0 Å². The second kappa shape index (κ2) is 8.99. The summed E-state index contributed by atoms with van der Waals surface area (Å²) in [5.41, 5.74) is 1.16. The van der Waals surface area contributed by atoms with Gasteiger partial charge < -0.3 is 14.8 Å². The Labute approximate surface area is 165 Å². The number of carbonyl (C=O) groups excluding carboxylic acids is 1. The summed E-state index contributed by atoms with van der Waals surface area (Å²) in [7, 11) is -3.15. The first-order chi connectivity index (χ1) is 13.6. The van der Waals surface area contributed by atoms with Crippen molar-refractivity contribution in [2.45, 2.75) is 24.6 Å². The van der Waals surface area contributed by atoms with Gasteiger partial charge in [0.2, 0.25) is 9.84 Å². The molecule has 0 aliphatic carbocycles. The zero-order valence-electron chi connectivity index (χ0n) is 15.5. The number of sulfone groups is 1. The summed E-state index contributed by atoms with van der Waals surface area (Å²) in [5.74, 6) is -1.53. The topological polar surface area (TPSA) is 81.7 Å². The van der Waals surface area contributed by atoms with Gasteiger partial charge in [-0.1, -0.05) is 19.1 Å². The largest absolute Gasteiger partial charge is 0.573 e. The lowest BCUT2D eigenvalue weighted by Gasteiger charge is -2.11. The number of aryl methyl sites for hydroxylation is 1. The molecule has 0 aromatic heterocycles. The van der Waals surface area contributed by atoms with E-state index in [1.165, 1.54) is 24.3 Å². The van der Waals surface area contributed by atoms with Gasteiger partial charge in [-0.25, -0.2) is 13.2 Å². The van der Waals surface area contributed by atoms with Crippen molar-refractivity contribution in [2.75, 3.05) is 12.4 Å². The van der Waals surface area contributed by atoms with Crippen molar-refractivity contribution >= 4 is 21.5 Å². The lowest BCUT2D eigenvalue weighted by molar-refractivity contribution is -0.274. The van der Waals surface area contributed by atoms with E-state index < -0.39 is 32.8 Å². The Morgan fingerprint density at radius 3 is 2.14 bits per heavy atom. The van der Waals surface area contributed by atoms with Gasteiger partial charge in [-0.2, -0.15) is 0 Å². The van der Waals surface area contributed by atoms with Crippen LogP contribution in [0.3, 0.4) is 0 Å². The first-order valence-corrected chi connectivity index (χ1v) is 9.80. The van der Waals surface area contributed by atoms with Crippen LogP contribution in [0.4, 0.5) is 18.9 Å². The van der Waals surface area contributed by atoms with E-state index in [2.05, 4.69) is 14.8 Å². The Kier molecular flexibility index (Phi) is 6.91. The smallest absolute Gasteiger partial charge is 0.465 e. The quantitative estimate of drug-likeness (QED) is 0.528. The molecule has 0 fully saturated rings. The molecule has 0 bridgehead atoms. The summed E-state index contributed by atoms with van der Waals surface area (Å²) in [5, 5.41) is 2.57. The first kappa shape index (κ1) is 22.3. The number of hydrogen-bond donors (Lipinski definition) is 1. The van der Waals surface area contributed by atoms with Crippen LogP contribution in [0.25, 0.3) is 0 Å². The third-order valence-corrected chi connectivity index (χ3v) is 5.53. The van der Waals surface area contributed by atoms with Crippen LogP contribution in [0, 0.1) is 0 Å². The molecule has 0 saturated carbocycles. The lowest BCUT2D eigenvalue weighted by Crippen LogP contribution is -2.17. The summed E-state index contributed by atoms with van der Waals surface area (Å²) in [6, 6.07) is 10.6. The average Bonchev–Trinajstić information content (AvgIpc) is 2.67. The number of carbonyl (C=O) groups is 1. The molecule has 0 amide bonds. The van der Waals surface area contributed by atoms with E-state index in [9.17, 15) is 26.4 Å². The first-order valence-electron chi connectivity index (χ1n) is 8.31. The van der Waals surface area contributed by atoms with Gasteiger partial charge in [0.25, 0.3) is 0 Å². The van der Waals surface area contributed by atoms with Gasteiger partial charge in [0.1, 0.15) is 5.75 Å². The Balaban J connectivity index is 2.29. The fourth-order valence-corrected chi connectivity index (χ4v) is 3.54. The summed E-state index contributed by atoms with van der Waals surface area (Å²) < 4.78 is 70.5. The molecule has 0 saturated heterocycles. The van der Waals surface area contributed by atoms with E-state index in [1.807, 2.05) is 6.92 Å². The van der Waals surface area contributed by atoms with Crippen LogP contribution in [0.1, 0.15) is 12.5 Å². The number of rotatable bonds is 7. The van der Waals surface area contributed by atoms with Gasteiger partial charge in [-0.05, 0) is 48.4 Å². The van der Waals surface area contributed by atoms with Crippen molar-refractivity contribution in [3.8, 4) is 5.75 Å². The Morgan fingerprint density at radius 2 is 1.66 bits per heavy atom. The second-order valence-electron chi connectivity index (χ2n) is 5.72. The molecule has 0 radical (unpaired) electrons. The van der Waals surface area contributed by atoms with Gasteiger partial charge in [0.15, 0.2) is 4.91 Å². The number of anilines is 1. The Hall–Kier alpha value is -3.01. The summed E-state index contributed by atoms with van der Waals surface area (Å²) in [4.78, 5) is 11.3. The molecule has 0 unspecified atom stereocenters. The molecule has 2 aromatic rings. The average molecular weight is 429 g/mol. The lowest BCUT2D eigenvalue weighted by atomic mass is 10.2. The van der Waals surface area contributed by atoms with Crippen LogP contribution in [0.2, 0.25) is 0 Å². The highest BCUT2D eigenvalue weighted by atomic mass is 32.2. The molecule has 10 heteroatoms.